The fourth-order valence-electron chi connectivity index (χ4n) is 2.64. The Morgan fingerprint density at radius 3 is 2.50 bits per heavy atom. The van der Waals surface area contributed by atoms with Crippen LogP contribution in [-0.4, -0.2) is 40.8 Å². The molecule has 0 spiro atoms. The Bertz CT molecular complexity index is 935. The minimum Gasteiger partial charge on any atom is -0.496 e. The summed E-state index contributed by atoms with van der Waals surface area (Å²) in [5, 5.41) is 3.26. The van der Waals surface area contributed by atoms with E-state index in [1.165, 1.54) is 18.2 Å². The van der Waals surface area contributed by atoms with Crippen molar-refractivity contribution >= 4 is 44.8 Å². The number of amides is 1. The van der Waals surface area contributed by atoms with Gasteiger partial charge in [0.25, 0.3) is 0 Å². The lowest BCUT2D eigenvalue weighted by molar-refractivity contribution is -0.119. The van der Waals surface area contributed by atoms with E-state index in [-0.39, 0.29) is 17.3 Å². The van der Waals surface area contributed by atoms with Gasteiger partial charge in [-0.05, 0) is 42.7 Å². The molecule has 0 heterocycles. The zero-order valence-corrected chi connectivity index (χ0v) is 17.9. The third kappa shape index (κ3) is 6.29. The van der Waals surface area contributed by atoms with Gasteiger partial charge in [0.1, 0.15) is 12.3 Å². The van der Waals surface area contributed by atoms with Gasteiger partial charge in [0.15, 0.2) is 0 Å². The third-order valence-corrected chi connectivity index (χ3v) is 5.90. The molecule has 0 saturated carbocycles. The average Bonchev–Trinajstić information content (AvgIpc) is 2.65. The predicted octanol–water partition coefficient (Wildman–Crippen LogP) is 3.52. The van der Waals surface area contributed by atoms with E-state index < -0.39 is 15.9 Å². The first kappa shape index (κ1) is 22.3. The van der Waals surface area contributed by atoms with Crippen LogP contribution in [0.2, 0.25) is 10.0 Å². The molecular weight excluding hydrogens is 423 g/mol. The van der Waals surface area contributed by atoms with E-state index in [0.29, 0.717) is 18.0 Å². The molecule has 0 aliphatic carbocycles. The molecule has 9 heteroatoms. The number of nitrogens with zero attached hydrogens (tertiary/aromatic N) is 1. The number of halogens is 2. The van der Waals surface area contributed by atoms with Crippen LogP contribution in [0.4, 0.5) is 5.69 Å². The molecule has 0 radical (unpaired) electrons. The molecule has 0 atom stereocenters. The quantitative estimate of drug-likeness (QED) is 0.600. The predicted molar refractivity (Wildman–Crippen MR) is 113 cm³/mol. The molecule has 0 aliphatic heterocycles. The summed E-state index contributed by atoms with van der Waals surface area (Å²) < 4.78 is 30.5. The molecule has 2 aromatic carbocycles. The highest BCUT2D eigenvalue weighted by Gasteiger charge is 2.21. The first-order valence-corrected chi connectivity index (χ1v) is 11.1. The van der Waals surface area contributed by atoms with E-state index in [9.17, 15) is 13.2 Å². The van der Waals surface area contributed by atoms with Crippen LogP contribution in [0.15, 0.2) is 42.5 Å². The van der Waals surface area contributed by atoms with Gasteiger partial charge in [-0.15, -0.1) is 0 Å². The molecule has 0 bridgehead atoms. The Labute approximate surface area is 175 Å². The lowest BCUT2D eigenvalue weighted by Gasteiger charge is -2.22. The fraction of sp³-hybridized carbons (Fsp3) is 0.316. The van der Waals surface area contributed by atoms with Crippen molar-refractivity contribution in [1.82, 2.24) is 5.32 Å². The zero-order valence-electron chi connectivity index (χ0n) is 15.6. The van der Waals surface area contributed by atoms with Crippen LogP contribution < -0.4 is 14.4 Å². The Kier molecular flexibility index (Phi) is 7.98. The van der Waals surface area contributed by atoms with Crippen molar-refractivity contribution in [3.8, 4) is 5.75 Å². The Morgan fingerprint density at radius 2 is 1.86 bits per heavy atom. The maximum absolute atomic E-state index is 12.3. The van der Waals surface area contributed by atoms with Crippen LogP contribution >= 0.6 is 23.2 Å². The maximum atomic E-state index is 12.3. The van der Waals surface area contributed by atoms with Gasteiger partial charge >= 0.3 is 0 Å². The molecule has 28 heavy (non-hydrogen) atoms. The van der Waals surface area contributed by atoms with Crippen LogP contribution in [-0.2, 0) is 21.2 Å². The lowest BCUT2D eigenvalue weighted by atomic mass is 10.1. The van der Waals surface area contributed by atoms with Gasteiger partial charge < -0.3 is 10.1 Å². The van der Waals surface area contributed by atoms with Crippen LogP contribution in [0, 0.1) is 0 Å². The standard InChI is InChI=1S/C19H22Cl2N2O4S/c1-27-18-8-4-3-6-14(18)7-5-11-22-19(24)13-23(28(2,25)26)15-9-10-16(20)17(21)12-15/h3-4,6,8-10,12H,5,7,11,13H2,1-2H3,(H,22,24). The van der Waals surface area contributed by atoms with Crippen LogP contribution in [0.3, 0.4) is 0 Å². The second-order valence-corrected chi connectivity index (χ2v) is 8.85. The fourth-order valence-corrected chi connectivity index (χ4v) is 3.78. The second-order valence-electron chi connectivity index (χ2n) is 6.13. The van der Waals surface area contributed by atoms with Gasteiger partial charge in [-0.3, -0.25) is 9.10 Å². The van der Waals surface area contributed by atoms with E-state index in [1.54, 1.807) is 7.11 Å². The molecule has 2 aromatic rings. The van der Waals surface area contributed by atoms with Gasteiger partial charge in [-0.25, -0.2) is 8.42 Å². The highest BCUT2D eigenvalue weighted by Crippen LogP contribution is 2.28. The van der Waals surface area contributed by atoms with Gasteiger partial charge in [0, 0.05) is 6.54 Å². The van der Waals surface area contributed by atoms with Crippen molar-refractivity contribution in [3.05, 3.63) is 58.1 Å². The molecule has 0 aromatic heterocycles. The molecule has 6 nitrogen and oxygen atoms in total. The molecule has 0 fully saturated rings. The molecule has 2 rings (SSSR count). The molecule has 0 unspecified atom stereocenters. The summed E-state index contributed by atoms with van der Waals surface area (Å²) in [5.41, 5.74) is 1.33. The van der Waals surface area contributed by atoms with Gasteiger partial charge in [0.2, 0.25) is 15.9 Å². The van der Waals surface area contributed by atoms with Crippen molar-refractivity contribution in [2.75, 3.05) is 30.8 Å². The van der Waals surface area contributed by atoms with Crippen molar-refractivity contribution in [3.63, 3.8) is 0 Å². The number of sulfonamides is 1. The number of anilines is 1. The smallest absolute Gasteiger partial charge is 0.240 e. The van der Waals surface area contributed by atoms with Crippen LogP contribution in [0.1, 0.15) is 12.0 Å². The van der Waals surface area contributed by atoms with Gasteiger partial charge in [-0.2, -0.15) is 0 Å². The van der Waals surface area contributed by atoms with Crippen LogP contribution in [0.5, 0.6) is 5.75 Å². The van der Waals surface area contributed by atoms with Crippen molar-refractivity contribution in [2.24, 2.45) is 0 Å². The molecular formula is C19H22Cl2N2O4S. The number of para-hydroxylation sites is 1. The van der Waals surface area contributed by atoms with E-state index >= 15 is 0 Å². The number of aryl methyl sites for hydroxylation is 1. The number of hydrogen-bond acceptors (Lipinski definition) is 4. The second kappa shape index (κ2) is 10.0. The SMILES string of the molecule is COc1ccccc1CCCNC(=O)CN(c1ccc(Cl)c(Cl)c1)S(C)(=O)=O. The number of ether oxygens (including phenoxy) is 1. The van der Waals surface area contributed by atoms with Crippen molar-refractivity contribution < 1.29 is 17.9 Å². The summed E-state index contributed by atoms with van der Waals surface area (Å²) in [7, 11) is -2.06. The number of nitrogens with one attached hydrogen (secondary N) is 1. The lowest BCUT2D eigenvalue weighted by Crippen LogP contribution is -2.40. The average molecular weight is 445 g/mol. The number of rotatable bonds is 9. The van der Waals surface area contributed by atoms with E-state index in [0.717, 1.165) is 28.3 Å². The maximum Gasteiger partial charge on any atom is 0.240 e. The van der Waals surface area contributed by atoms with E-state index in [2.05, 4.69) is 5.32 Å². The third-order valence-electron chi connectivity index (χ3n) is 4.02. The summed E-state index contributed by atoms with van der Waals surface area (Å²) >= 11 is 11.8. The first-order valence-electron chi connectivity index (χ1n) is 8.53. The van der Waals surface area contributed by atoms with Gasteiger partial charge in [-0.1, -0.05) is 41.4 Å². The topological polar surface area (TPSA) is 75.7 Å². The molecule has 152 valence electrons. The summed E-state index contributed by atoms with van der Waals surface area (Å²) in [6, 6.07) is 12.1. The molecule has 1 amide bonds. The number of hydrogen-bond donors (Lipinski definition) is 1. The molecule has 1 N–H and O–H groups in total. The Morgan fingerprint density at radius 1 is 1.14 bits per heavy atom. The molecule has 0 saturated heterocycles. The van der Waals surface area contributed by atoms with Gasteiger partial charge in [0.05, 0.1) is 29.1 Å². The number of carbonyl (C=O) groups is 1. The first-order chi connectivity index (χ1) is 13.2. The Hall–Kier alpha value is -1.96. The minimum atomic E-state index is -3.67. The minimum absolute atomic E-state index is 0.213. The summed E-state index contributed by atoms with van der Waals surface area (Å²) in [6.45, 7) is 0.0707. The summed E-state index contributed by atoms with van der Waals surface area (Å²) in [5.74, 6) is 0.396. The highest BCUT2D eigenvalue weighted by molar-refractivity contribution is 7.92. The number of methoxy groups -OCH3 is 1. The normalized spacial score (nSPS) is 11.1. The van der Waals surface area contributed by atoms with E-state index in [4.69, 9.17) is 27.9 Å². The summed E-state index contributed by atoms with van der Waals surface area (Å²) in [6.07, 6.45) is 2.45. The summed E-state index contributed by atoms with van der Waals surface area (Å²) in [4.78, 5) is 12.3. The highest BCUT2D eigenvalue weighted by atomic mass is 35.5. The zero-order chi connectivity index (χ0) is 20.7. The molecule has 0 aliphatic rings. The van der Waals surface area contributed by atoms with E-state index in [1.807, 2.05) is 24.3 Å². The van der Waals surface area contributed by atoms with Crippen molar-refractivity contribution in [1.29, 1.82) is 0 Å². The van der Waals surface area contributed by atoms with Crippen LogP contribution in [0.25, 0.3) is 0 Å². The Balaban J connectivity index is 1.94. The van der Waals surface area contributed by atoms with Crippen molar-refractivity contribution in [2.45, 2.75) is 12.8 Å². The number of benzene rings is 2. The monoisotopic (exact) mass is 444 g/mol. The largest absolute Gasteiger partial charge is 0.496 e. The number of carbonyl (C=O) groups excluding carboxylic acids is 1.